The number of H-pyrrole nitrogens is 1. The molecule has 2 heterocycles. The van der Waals surface area contributed by atoms with Crippen molar-refractivity contribution in [3.05, 3.63) is 77.0 Å². The molecule has 6 nitrogen and oxygen atoms in total. The van der Waals surface area contributed by atoms with E-state index in [9.17, 15) is 4.79 Å². The predicted molar refractivity (Wildman–Crippen MR) is 101 cm³/mol. The average molecular weight is 357 g/mol. The molecule has 4 rings (SSSR count). The number of hydrogen-bond acceptors (Lipinski definition) is 4. The van der Waals surface area contributed by atoms with Gasteiger partial charge in [0.15, 0.2) is 6.19 Å². The quantitative estimate of drug-likeness (QED) is 0.688. The lowest BCUT2D eigenvalue weighted by Gasteiger charge is -2.08. The van der Waals surface area contributed by atoms with Crippen molar-refractivity contribution in [1.29, 1.82) is 5.26 Å². The molecule has 2 N–H and O–H groups in total. The van der Waals surface area contributed by atoms with E-state index in [0.29, 0.717) is 25.2 Å². The van der Waals surface area contributed by atoms with Crippen LogP contribution < -0.4 is 5.32 Å². The van der Waals surface area contributed by atoms with Crippen molar-refractivity contribution in [2.45, 2.75) is 19.5 Å². The van der Waals surface area contributed by atoms with Gasteiger partial charge in [0.2, 0.25) is 0 Å². The number of aromatic nitrogens is 2. The van der Waals surface area contributed by atoms with Crippen LogP contribution in [0.1, 0.15) is 27.2 Å². The summed E-state index contributed by atoms with van der Waals surface area (Å²) in [6.45, 7) is 1.69. The van der Waals surface area contributed by atoms with Crippen molar-refractivity contribution in [3.63, 3.8) is 0 Å². The molecule has 0 unspecified atom stereocenters. The molecule has 1 aliphatic heterocycles. The summed E-state index contributed by atoms with van der Waals surface area (Å²) in [4.78, 5) is 14.2. The van der Waals surface area contributed by atoms with Crippen molar-refractivity contribution in [1.82, 2.24) is 20.4 Å². The summed E-state index contributed by atoms with van der Waals surface area (Å²) in [6.07, 6.45) is 2.96. The molecule has 3 aromatic rings. The highest BCUT2D eigenvalue weighted by atomic mass is 16.1. The Morgan fingerprint density at radius 2 is 2.04 bits per heavy atom. The van der Waals surface area contributed by atoms with Crippen molar-refractivity contribution in [2.75, 3.05) is 6.54 Å². The SMILES string of the molecule is N#CN1Cc2[nH]nc(-c3cccc(C(=O)NCCc4ccccc4)c3)c2C1. The van der Waals surface area contributed by atoms with Crippen LogP contribution in [0.15, 0.2) is 54.6 Å². The summed E-state index contributed by atoms with van der Waals surface area (Å²) in [7, 11) is 0. The third-order valence-corrected chi connectivity index (χ3v) is 4.73. The fraction of sp³-hybridized carbons (Fsp3) is 0.190. The van der Waals surface area contributed by atoms with Crippen molar-refractivity contribution in [3.8, 4) is 17.5 Å². The van der Waals surface area contributed by atoms with E-state index in [-0.39, 0.29) is 5.91 Å². The minimum absolute atomic E-state index is 0.0985. The van der Waals surface area contributed by atoms with Gasteiger partial charge in [-0.2, -0.15) is 10.4 Å². The van der Waals surface area contributed by atoms with Gasteiger partial charge in [0.25, 0.3) is 5.91 Å². The Kier molecular flexibility index (Phi) is 4.58. The molecule has 0 radical (unpaired) electrons. The van der Waals surface area contributed by atoms with E-state index < -0.39 is 0 Å². The van der Waals surface area contributed by atoms with E-state index >= 15 is 0 Å². The molecule has 1 aliphatic rings. The first-order chi connectivity index (χ1) is 13.2. The largest absolute Gasteiger partial charge is 0.352 e. The Hall–Kier alpha value is -3.59. The molecule has 0 saturated heterocycles. The fourth-order valence-corrected chi connectivity index (χ4v) is 3.32. The van der Waals surface area contributed by atoms with E-state index in [0.717, 1.165) is 28.9 Å². The van der Waals surface area contributed by atoms with Crippen LogP contribution in [0, 0.1) is 11.5 Å². The van der Waals surface area contributed by atoms with Gasteiger partial charge in [-0.25, -0.2) is 0 Å². The third kappa shape index (κ3) is 3.53. The van der Waals surface area contributed by atoms with Crippen LogP contribution in [0.2, 0.25) is 0 Å². The first-order valence-electron chi connectivity index (χ1n) is 8.88. The molecule has 0 spiro atoms. The number of fused-ring (bicyclic) bond motifs is 1. The lowest BCUT2D eigenvalue weighted by molar-refractivity contribution is 0.0954. The van der Waals surface area contributed by atoms with Crippen molar-refractivity contribution < 1.29 is 4.79 Å². The minimum atomic E-state index is -0.0985. The second-order valence-electron chi connectivity index (χ2n) is 6.56. The zero-order chi connectivity index (χ0) is 18.6. The maximum atomic E-state index is 12.5. The van der Waals surface area contributed by atoms with Gasteiger partial charge in [-0.15, -0.1) is 0 Å². The number of aromatic amines is 1. The Bertz CT molecular complexity index is 1000. The second kappa shape index (κ2) is 7.34. The smallest absolute Gasteiger partial charge is 0.251 e. The van der Waals surface area contributed by atoms with E-state index in [2.05, 4.69) is 33.8 Å². The van der Waals surface area contributed by atoms with Crippen molar-refractivity contribution >= 4 is 5.91 Å². The maximum Gasteiger partial charge on any atom is 0.251 e. The van der Waals surface area contributed by atoms with Gasteiger partial charge >= 0.3 is 0 Å². The minimum Gasteiger partial charge on any atom is -0.352 e. The first kappa shape index (κ1) is 16.9. The Labute approximate surface area is 157 Å². The third-order valence-electron chi connectivity index (χ3n) is 4.73. The summed E-state index contributed by atoms with van der Waals surface area (Å²) in [6, 6.07) is 17.5. The van der Waals surface area contributed by atoms with Gasteiger partial charge in [-0.05, 0) is 24.1 Å². The van der Waals surface area contributed by atoms with Crippen LogP contribution in [0.5, 0.6) is 0 Å². The number of carbonyl (C=O) groups is 1. The highest BCUT2D eigenvalue weighted by molar-refractivity contribution is 5.95. The van der Waals surface area contributed by atoms with Crippen LogP contribution in [-0.2, 0) is 19.5 Å². The van der Waals surface area contributed by atoms with Gasteiger partial charge in [0, 0.05) is 23.2 Å². The van der Waals surface area contributed by atoms with Crippen LogP contribution in [0.3, 0.4) is 0 Å². The van der Waals surface area contributed by atoms with Crippen LogP contribution in [0.25, 0.3) is 11.3 Å². The second-order valence-corrected chi connectivity index (χ2v) is 6.56. The Morgan fingerprint density at radius 3 is 2.85 bits per heavy atom. The van der Waals surface area contributed by atoms with Gasteiger partial charge < -0.3 is 10.2 Å². The topological polar surface area (TPSA) is 84.8 Å². The van der Waals surface area contributed by atoms with Gasteiger partial charge in [0.1, 0.15) is 0 Å². The lowest BCUT2D eigenvalue weighted by atomic mass is 10.0. The molecular weight excluding hydrogens is 338 g/mol. The zero-order valence-electron chi connectivity index (χ0n) is 14.8. The van der Waals surface area contributed by atoms with E-state index in [4.69, 9.17) is 5.26 Å². The molecule has 0 atom stereocenters. The van der Waals surface area contributed by atoms with Crippen LogP contribution in [-0.4, -0.2) is 27.5 Å². The molecule has 27 heavy (non-hydrogen) atoms. The number of nitrogens with zero attached hydrogens (tertiary/aromatic N) is 3. The van der Waals surface area contributed by atoms with E-state index in [1.165, 1.54) is 5.56 Å². The predicted octanol–water partition coefficient (Wildman–Crippen LogP) is 2.85. The molecule has 2 aromatic carbocycles. The van der Waals surface area contributed by atoms with E-state index in [1.807, 2.05) is 36.4 Å². The maximum absolute atomic E-state index is 12.5. The molecule has 6 heteroatoms. The number of hydrogen-bond donors (Lipinski definition) is 2. The Balaban J connectivity index is 1.45. The first-order valence-corrected chi connectivity index (χ1v) is 8.88. The monoisotopic (exact) mass is 357 g/mol. The highest BCUT2D eigenvalue weighted by Gasteiger charge is 2.24. The van der Waals surface area contributed by atoms with Crippen molar-refractivity contribution in [2.24, 2.45) is 0 Å². The number of rotatable bonds is 5. The van der Waals surface area contributed by atoms with Gasteiger partial charge in [-0.3, -0.25) is 9.89 Å². The molecule has 1 aromatic heterocycles. The number of nitrogens with one attached hydrogen (secondary N) is 2. The fourth-order valence-electron chi connectivity index (χ4n) is 3.32. The van der Waals surface area contributed by atoms with Gasteiger partial charge in [-0.1, -0.05) is 42.5 Å². The summed E-state index contributed by atoms with van der Waals surface area (Å²) in [5.74, 6) is -0.0985. The molecule has 1 amide bonds. The average Bonchev–Trinajstić information content (AvgIpc) is 3.29. The van der Waals surface area contributed by atoms with Crippen LogP contribution >= 0.6 is 0 Å². The molecule has 0 fully saturated rings. The normalized spacial score (nSPS) is 12.5. The molecule has 0 saturated carbocycles. The molecular formula is C21H19N5O. The Morgan fingerprint density at radius 1 is 1.19 bits per heavy atom. The zero-order valence-corrected chi connectivity index (χ0v) is 14.8. The molecule has 0 aliphatic carbocycles. The summed E-state index contributed by atoms with van der Waals surface area (Å²) < 4.78 is 0. The number of benzene rings is 2. The summed E-state index contributed by atoms with van der Waals surface area (Å²) in [5.41, 5.74) is 5.47. The molecule has 134 valence electrons. The number of carbonyl (C=O) groups excluding carboxylic acids is 1. The number of nitriles is 1. The standard InChI is InChI=1S/C21H19N5O/c22-14-26-12-18-19(13-26)24-25-20(18)16-7-4-8-17(11-16)21(27)23-10-9-15-5-2-1-3-6-15/h1-8,11H,9-10,12-13H2,(H,23,27)(H,24,25). The summed E-state index contributed by atoms with van der Waals surface area (Å²) >= 11 is 0. The lowest BCUT2D eigenvalue weighted by Crippen LogP contribution is -2.25. The summed E-state index contributed by atoms with van der Waals surface area (Å²) in [5, 5.41) is 19.5. The molecule has 0 bridgehead atoms. The number of amides is 1. The van der Waals surface area contributed by atoms with Gasteiger partial charge in [0.05, 0.1) is 24.5 Å². The van der Waals surface area contributed by atoms with Crippen LogP contribution in [0.4, 0.5) is 0 Å². The van der Waals surface area contributed by atoms with E-state index in [1.54, 1.807) is 11.0 Å². The highest BCUT2D eigenvalue weighted by Crippen LogP contribution is 2.30.